The number of carbonyl (C=O) groups excluding carboxylic acids is 2. The largest absolute Gasteiger partial charge is 0.352 e. The van der Waals surface area contributed by atoms with E-state index in [0.29, 0.717) is 12.1 Å². The zero-order chi connectivity index (χ0) is 19.1. The average molecular weight is 364 g/mol. The van der Waals surface area contributed by atoms with Crippen LogP contribution in [-0.4, -0.2) is 11.8 Å². The lowest BCUT2D eigenvalue weighted by Gasteiger charge is -2.20. The van der Waals surface area contributed by atoms with Crippen molar-refractivity contribution in [3.63, 3.8) is 0 Å². The van der Waals surface area contributed by atoms with Crippen molar-refractivity contribution in [1.29, 1.82) is 0 Å². The van der Waals surface area contributed by atoms with Crippen molar-refractivity contribution in [2.75, 3.05) is 5.32 Å². The Morgan fingerprint density at radius 2 is 1.67 bits per heavy atom. The summed E-state index contributed by atoms with van der Waals surface area (Å²) in [4.78, 5) is 24.7. The van der Waals surface area contributed by atoms with Crippen LogP contribution in [0.3, 0.4) is 0 Å². The molecule has 0 spiro atoms. The molecule has 0 saturated heterocycles. The Balaban J connectivity index is 1.55. The standard InChI is InChI=1S/C23H28N2O2/c1-2-18-8-6-7-11-21(18)25-23(27)20-14-12-17(13-15-20)16-24-22(26)19-9-4-3-5-10-19/h6-8,11-15,19H,2-5,9-10,16H2,1H3,(H,24,26)(H,25,27). The van der Waals surface area contributed by atoms with Crippen molar-refractivity contribution in [3.05, 3.63) is 65.2 Å². The Kier molecular flexibility index (Phi) is 6.64. The Labute approximate surface area is 161 Å². The first-order valence-electron chi connectivity index (χ1n) is 9.93. The Hall–Kier alpha value is -2.62. The molecule has 142 valence electrons. The van der Waals surface area contributed by atoms with E-state index in [-0.39, 0.29) is 17.7 Å². The molecule has 0 aromatic heterocycles. The van der Waals surface area contributed by atoms with Gasteiger partial charge in [-0.2, -0.15) is 0 Å². The second-order valence-corrected chi connectivity index (χ2v) is 7.21. The maximum absolute atomic E-state index is 12.5. The SMILES string of the molecule is CCc1ccccc1NC(=O)c1ccc(CNC(=O)C2CCCCC2)cc1. The second kappa shape index (κ2) is 9.36. The molecule has 4 heteroatoms. The van der Waals surface area contributed by atoms with Crippen LogP contribution >= 0.6 is 0 Å². The van der Waals surface area contributed by atoms with Crippen LogP contribution in [0.1, 0.15) is 60.5 Å². The van der Waals surface area contributed by atoms with Crippen LogP contribution in [-0.2, 0) is 17.8 Å². The fourth-order valence-corrected chi connectivity index (χ4v) is 3.62. The fourth-order valence-electron chi connectivity index (χ4n) is 3.62. The third-order valence-electron chi connectivity index (χ3n) is 5.31. The van der Waals surface area contributed by atoms with E-state index in [0.717, 1.165) is 48.9 Å². The predicted molar refractivity (Wildman–Crippen MR) is 109 cm³/mol. The smallest absolute Gasteiger partial charge is 0.255 e. The summed E-state index contributed by atoms with van der Waals surface area (Å²) in [5.41, 5.74) is 3.59. The van der Waals surface area contributed by atoms with E-state index in [9.17, 15) is 9.59 Å². The van der Waals surface area contributed by atoms with Gasteiger partial charge in [0.15, 0.2) is 0 Å². The average Bonchev–Trinajstić information content (AvgIpc) is 2.73. The van der Waals surface area contributed by atoms with Crippen molar-refractivity contribution in [2.24, 2.45) is 5.92 Å². The summed E-state index contributed by atoms with van der Waals surface area (Å²) in [5.74, 6) is 0.212. The zero-order valence-electron chi connectivity index (χ0n) is 16.0. The lowest BCUT2D eigenvalue weighted by atomic mass is 9.88. The summed E-state index contributed by atoms with van der Waals surface area (Å²) in [6, 6.07) is 15.3. The zero-order valence-corrected chi connectivity index (χ0v) is 16.0. The summed E-state index contributed by atoms with van der Waals surface area (Å²) in [7, 11) is 0. The second-order valence-electron chi connectivity index (χ2n) is 7.21. The van der Waals surface area contributed by atoms with E-state index in [2.05, 4.69) is 17.6 Å². The number of para-hydroxylation sites is 1. The lowest BCUT2D eigenvalue weighted by molar-refractivity contribution is -0.126. The first-order chi connectivity index (χ1) is 13.2. The minimum absolute atomic E-state index is 0.117. The lowest BCUT2D eigenvalue weighted by Crippen LogP contribution is -2.31. The Morgan fingerprint density at radius 3 is 2.37 bits per heavy atom. The summed E-state index contributed by atoms with van der Waals surface area (Å²) < 4.78 is 0. The molecule has 2 aromatic rings. The van der Waals surface area contributed by atoms with Gasteiger partial charge in [-0.05, 0) is 48.6 Å². The third kappa shape index (κ3) is 5.19. The molecular weight excluding hydrogens is 336 g/mol. The van der Waals surface area contributed by atoms with Gasteiger partial charge in [0, 0.05) is 23.7 Å². The monoisotopic (exact) mass is 364 g/mol. The Morgan fingerprint density at radius 1 is 0.963 bits per heavy atom. The third-order valence-corrected chi connectivity index (χ3v) is 5.31. The van der Waals surface area contributed by atoms with Gasteiger partial charge >= 0.3 is 0 Å². The maximum Gasteiger partial charge on any atom is 0.255 e. The first-order valence-corrected chi connectivity index (χ1v) is 9.93. The molecule has 1 aliphatic carbocycles. The minimum Gasteiger partial charge on any atom is -0.352 e. The predicted octanol–water partition coefficient (Wildman–Crippen LogP) is 4.70. The minimum atomic E-state index is -0.117. The molecule has 2 amide bonds. The number of aryl methyl sites for hydroxylation is 1. The first kappa shape index (κ1) is 19.2. The number of nitrogens with one attached hydrogen (secondary N) is 2. The molecule has 2 N–H and O–H groups in total. The van der Waals surface area contributed by atoms with Crippen LogP contribution in [0.4, 0.5) is 5.69 Å². The normalized spacial score (nSPS) is 14.6. The van der Waals surface area contributed by atoms with Crippen molar-refractivity contribution < 1.29 is 9.59 Å². The number of amides is 2. The van der Waals surface area contributed by atoms with Crippen LogP contribution < -0.4 is 10.6 Å². The fraction of sp³-hybridized carbons (Fsp3) is 0.391. The van der Waals surface area contributed by atoms with E-state index < -0.39 is 0 Å². The molecule has 3 rings (SSSR count). The van der Waals surface area contributed by atoms with Crippen LogP contribution in [0.2, 0.25) is 0 Å². The molecule has 27 heavy (non-hydrogen) atoms. The van der Waals surface area contributed by atoms with E-state index in [1.54, 1.807) is 0 Å². The van der Waals surface area contributed by atoms with Gasteiger partial charge in [0.05, 0.1) is 0 Å². The van der Waals surface area contributed by atoms with Crippen LogP contribution in [0.25, 0.3) is 0 Å². The summed E-state index contributed by atoms with van der Waals surface area (Å²) in [6.45, 7) is 2.58. The molecule has 1 fully saturated rings. The van der Waals surface area contributed by atoms with Gasteiger partial charge in [-0.3, -0.25) is 9.59 Å². The molecule has 0 bridgehead atoms. The van der Waals surface area contributed by atoms with Gasteiger partial charge in [0.2, 0.25) is 5.91 Å². The molecule has 0 aliphatic heterocycles. The highest BCUT2D eigenvalue weighted by Gasteiger charge is 2.20. The number of hydrogen-bond acceptors (Lipinski definition) is 2. The molecule has 1 aliphatic rings. The molecule has 0 radical (unpaired) electrons. The molecule has 0 heterocycles. The van der Waals surface area contributed by atoms with Crippen molar-refractivity contribution in [1.82, 2.24) is 5.32 Å². The van der Waals surface area contributed by atoms with Gasteiger partial charge in [0.25, 0.3) is 5.91 Å². The molecular formula is C23H28N2O2. The molecule has 0 unspecified atom stereocenters. The molecule has 1 saturated carbocycles. The van der Waals surface area contributed by atoms with Crippen LogP contribution in [0.15, 0.2) is 48.5 Å². The quantitative estimate of drug-likeness (QED) is 0.781. The molecule has 2 aromatic carbocycles. The Bertz CT molecular complexity index is 777. The van der Waals surface area contributed by atoms with Crippen molar-refractivity contribution in [3.8, 4) is 0 Å². The topological polar surface area (TPSA) is 58.2 Å². The number of hydrogen-bond donors (Lipinski definition) is 2. The van der Waals surface area contributed by atoms with E-state index in [1.165, 1.54) is 6.42 Å². The summed E-state index contributed by atoms with van der Waals surface area (Å²) in [6.07, 6.45) is 6.44. The number of benzene rings is 2. The molecule has 0 atom stereocenters. The van der Waals surface area contributed by atoms with E-state index in [4.69, 9.17) is 0 Å². The molecule has 4 nitrogen and oxygen atoms in total. The van der Waals surface area contributed by atoms with Crippen LogP contribution in [0, 0.1) is 5.92 Å². The van der Waals surface area contributed by atoms with E-state index in [1.807, 2.05) is 48.5 Å². The summed E-state index contributed by atoms with van der Waals surface area (Å²) in [5, 5.41) is 6.01. The van der Waals surface area contributed by atoms with E-state index >= 15 is 0 Å². The van der Waals surface area contributed by atoms with Gasteiger partial charge < -0.3 is 10.6 Å². The highest BCUT2D eigenvalue weighted by molar-refractivity contribution is 6.04. The number of anilines is 1. The number of carbonyl (C=O) groups is 2. The van der Waals surface area contributed by atoms with Gasteiger partial charge in [-0.1, -0.05) is 56.5 Å². The highest BCUT2D eigenvalue weighted by Crippen LogP contribution is 2.23. The van der Waals surface area contributed by atoms with Crippen molar-refractivity contribution >= 4 is 17.5 Å². The van der Waals surface area contributed by atoms with Gasteiger partial charge in [-0.15, -0.1) is 0 Å². The van der Waals surface area contributed by atoms with Crippen molar-refractivity contribution in [2.45, 2.75) is 52.0 Å². The maximum atomic E-state index is 12.5. The van der Waals surface area contributed by atoms with Gasteiger partial charge in [-0.25, -0.2) is 0 Å². The number of rotatable bonds is 6. The highest BCUT2D eigenvalue weighted by atomic mass is 16.2. The van der Waals surface area contributed by atoms with Crippen LogP contribution in [0.5, 0.6) is 0 Å². The summed E-state index contributed by atoms with van der Waals surface area (Å²) >= 11 is 0. The van der Waals surface area contributed by atoms with Gasteiger partial charge in [0.1, 0.15) is 0 Å².